The van der Waals surface area contributed by atoms with Gasteiger partial charge in [-0.25, -0.2) is 25.3 Å². The van der Waals surface area contributed by atoms with Gasteiger partial charge in [0, 0.05) is 13.8 Å². The zero-order valence-corrected chi connectivity index (χ0v) is 23.3. The molecule has 0 aromatic heterocycles. The SMILES string of the molecule is C1=CCC/C=C\CC1.CC#N.CC#N.O=S(=O)([O-])C(F)(F)F.O=S(=O)([O-])C(F)(F)F.O=S(=O)([O-])C(F)(F)F.[Rh+3]. The summed E-state index contributed by atoms with van der Waals surface area (Å²) in [6.07, 6.45) is 14.0. The van der Waals surface area contributed by atoms with Crippen molar-refractivity contribution in [2.45, 2.75) is 56.1 Å². The van der Waals surface area contributed by atoms with E-state index in [4.69, 9.17) is 49.4 Å². The smallest absolute Gasteiger partial charge is 0.741 e. The van der Waals surface area contributed by atoms with Crippen LogP contribution in [-0.4, -0.2) is 55.4 Å². The van der Waals surface area contributed by atoms with Crippen molar-refractivity contribution in [2.75, 3.05) is 0 Å². The molecule has 0 aromatic rings. The van der Waals surface area contributed by atoms with Gasteiger partial charge in [0.2, 0.25) is 0 Å². The Morgan fingerprint density at radius 2 is 0.615 bits per heavy atom. The molecule has 39 heavy (non-hydrogen) atoms. The molecular formula is C15H18F9N2O9RhS3. The van der Waals surface area contributed by atoms with E-state index >= 15 is 0 Å². The van der Waals surface area contributed by atoms with E-state index in [2.05, 4.69) is 24.3 Å². The van der Waals surface area contributed by atoms with Crippen molar-refractivity contribution in [2.24, 2.45) is 0 Å². The Hall–Kier alpha value is -1.82. The fourth-order valence-electron chi connectivity index (χ4n) is 0.856. The molecule has 0 bridgehead atoms. The third kappa shape index (κ3) is 38.4. The largest absolute Gasteiger partial charge is 3.00 e. The normalized spacial score (nSPS) is 13.9. The molecule has 232 valence electrons. The number of hydrogen-bond acceptors (Lipinski definition) is 11. The molecule has 0 amide bonds. The van der Waals surface area contributed by atoms with E-state index in [0.717, 1.165) is 0 Å². The van der Waals surface area contributed by atoms with Gasteiger partial charge in [0.1, 0.15) is 0 Å². The maximum absolute atomic E-state index is 10.7. The summed E-state index contributed by atoms with van der Waals surface area (Å²) in [5, 5.41) is 14.6. The second-order valence-electron chi connectivity index (χ2n) is 5.24. The predicted molar refractivity (Wildman–Crippen MR) is 107 cm³/mol. The van der Waals surface area contributed by atoms with E-state index in [9.17, 15) is 39.5 Å². The average Bonchev–Trinajstić information content (AvgIpc) is 2.58. The summed E-state index contributed by atoms with van der Waals surface area (Å²) in [5.41, 5.74) is -16.9. The summed E-state index contributed by atoms with van der Waals surface area (Å²) < 4.78 is 177. The van der Waals surface area contributed by atoms with Crippen molar-refractivity contribution in [1.29, 1.82) is 10.5 Å². The van der Waals surface area contributed by atoms with Gasteiger partial charge in [-0.05, 0) is 25.7 Å². The van der Waals surface area contributed by atoms with Crippen LogP contribution in [0.2, 0.25) is 0 Å². The molecular weight excluding hydrogens is 722 g/mol. The molecule has 1 aliphatic carbocycles. The third-order valence-electron chi connectivity index (χ3n) is 2.18. The molecule has 0 aliphatic heterocycles. The van der Waals surface area contributed by atoms with Crippen LogP contribution in [0.25, 0.3) is 0 Å². The molecule has 0 fully saturated rings. The molecule has 24 heteroatoms. The van der Waals surface area contributed by atoms with Crippen molar-refractivity contribution >= 4 is 30.4 Å². The van der Waals surface area contributed by atoms with Gasteiger partial charge in [-0.15, -0.1) is 0 Å². The van der Waals surface area contributed by atoms with Crippen LogP contribution >= 0.6 is 0 Å². The standard InChI is InChI=1S/C8H12.2C2H3N.3CHF3O3S.Rh/c1-2-4-6-8-7-5-3-1;2*1-2-3;3*2-1(3,4)8(5,6)7;/h1-2,7-8H,3-6H2;2*1H3;3*(H,5,6,7);/q;;;;;;+3/p-3/b2-1-,8-7?;;;;;;. The molecule has 0 spiro atoms. The van der Waals surface area contributed by atoms with Crippen LogP contribution in [0.4, 0.5) is 39.5 Å². The van der Waals surface area contributed by atoms with Crippen LogP contribution < -0.4 is 0 Å². The van der Waals surface area contributed by atoms with Gasteiger partial charge in [-0.3, -0.25) is 0 Å². The van der Waals surface area contributed by atoms with Crippen molar-refractivity contribution < 1.29 is 97.9 Å². The molecule has 11 nitrogen and oxygen atoms in total. The summed E-state index contributed by atoms with van der Waals surface area (Å²) in [5.74, 6) is 0. The van der Waals surface area contributed by atoms with Crippen molar-refractivity contribution in [1.82, 2.24) is 0 Å². The van der Waals surface area contributed by atoms with Crippen LogP contribution in [0, 0.1) is 22.7 Å². The topological polar surface area (TPSA) is 219 Å². The first kappa shape index (κ1) is 50.1. The molecule has 0 saturated heterocycles. The number of rotatable bonds is 0. The van der Waals surface area contributed by atoms with Gasteiger partial charge in [0.05, 0.1) is 12.1 Å². The van der Waals surface area contributed by atoms with Gasteiger partial charge >= 0.3 is 36.0 Å². The average molecular weight is 740 g/mol. The van der Waals surface area contributed by atoms with Crippen molar-refractivity contribution in [3.05, 3.63) is 24.3 Å². The molecule has 0 aromatic carbocycles. The molecule has 0 saturated carbocycles. The quantitative estimate of drug-likeness (QED) is 0.114. The van der Waals surface area contributed by atoms with Gasteiger partial charge in [-0.2, -0.15) is 50.0 Å². The molecule has 1 rings (SSSR count). The second kappa shape index (κ2) is 22.9. The first-order chi connectivity index (χ1) is 16.6. The molecule has 1 aliphatic rings. The third-order valence-corrected chi connectivity index (χ3v) is 3.88. The molecule has 0 radical (unpaired) electrons. The van der Waals surface area contributed by atoms with E-state index in [0.29, 0.717) is 0 Å². The molecule has 0 N–H and O–H groups in total. The van der Waals surface area contributed by atoms with E-state index < -0.39 is 46.9 Å². The number of allylic oxidation sites excluding steroid dienone is 4. The fraction of sp³-hybridized carbons (Fsp3) is 0.600. The van der Waals surface area contributed by atoms with Crippen LogP contribution in [0.3, 0.4) is 0 Å². The molecule has 0 atom stereocenters. The van der Waals surface area contributed by atoms with E-state index in [1.165, 1.54) is 39.5 Å². The number of halogens is 9. The maximum Gasteiger partial charge on any atom is 3.00 e. The Kier molecular flexibility index (Phi) is 29.5. The second-order valence-corrected chi connectivity index (χ2v) is 9.36. The Bertz CT molecular complexity index is 965. The minimum atomic E-state index is -6.09. The summed E-state index contributed by atoms with van der Waals surface area (Å²) in [7, 11) is -18.3. The Morgan fingerprint density at radius 1 is 0.538 bits per heavy atom. The summed E-state index contributed by atoms with van der Waals surface area (Å²) in [6, 6.07) is 3.50. The minimum Gasteiger partial charge on any atom is -0.741 e. The van der Waals surface area contributed by atoms with Gasteiger partial charge in [0.15, 0.2) is 30.4 Å². The zero-order chi connectivity index (χ0) is 32.1. The van der Waals surface area contributed by atoms with E-state index in [1.54, 1.807) is 12.1 Å². The first-order valence-corrected chi connectivity index (χ1v) is 12.8. The minimum absolute atomic E-state index is 0. The van der Waals surface area contributed by atoms with Crippen molar-refractivity contribution in [3.63, 3.8) is 0 Å². The fourth-order valence-corrected chi connectivity index (χ4v) is 0.856. The van der Waals surface area contributed by atoms with Crippen LogP contribution in [0.5, 0.6) is 0 Å². The van der Waals surface area contributed by atoms with Crippen molar-refractivity contribution in [3.8, 4) is 12.1 Å². The summed E-state index contributed by atoms with van der Waals surface area (Å²) >= 11 is 0. The summed E-state index contributed by atoms with van der Waals surface area (Å²) in [6.45, 7) is 2.86. The predicted octanol–water partition coefficient (Wildman–Crippen LogP) is 3.88. The molecule has 0 unspecified atom stereocenters. The van der Waals surface area contributed by atoms with Gasteiger partial charge in [0.25, 0.3) is 0 Å². The van der Waals surface area contributed by atoms with Gasteiger partial charge in [-0.1, -0.05) is 24.3 Å². The van der Waals surface area contributed by atoms with Crippen LogP contribution in [0.15, 0.2) is 24.3 Å². The monoisotopic (exact) mass is 740 g/mol. The Balaban J connectivity index is -0.0000000863. The zero-order valence-electron chi connectivity index (χ0n) is 19.2. The van der Waals surface area contributed by atoms with Gasteiger partial charge < -0.3 is 13.7 Å². The number of hydrogen-bond donors (Lipinski definition) is 0. The number of alkyl halides is 9. The summed E-state index contributed by atoms with van der Waals surface area (Å²) in [4.78, 5) is 0. The van der Waals surface area contributed by atoms with Crippen LogP contribution in [0.1, 0.15) is 39.5 Å². The number of nitrogens with zero attached hydrogens (tertiary/aromatic N) is 2. The van der Waals surface area contributed by atoms with E-state index in [-0.39, 0.29) is 19.5 Å². The Morgan fingerprint density at radius 3 is 0.667 bits per heavy atom. The molecule has 0 heterocycles. The first-order valence-electron chi connectivity index (χ1n) is 8.56. The maximum atomic E-state index is 10.7. The Labute approximate surface area is 231 Å². The van der Waals surface area contributed by atoms with Crippen LogP contribution in [-0.2, 0) is 49.8 Å². The van der Waals surface area contributed by atoms with E-state index in [1.807, 2.05) is 0 Å². The number of nitriles is 2.